The summed E-state index contributed by atoms with van der Waals surface area (Å²) in [4.78, 5) is 0. The van der Waals surface area contributed by atoms with Gasteiger partial charge in [0, 0.05) is 9.84 Å². The lowest BCUT2D eigenvalue weighted by Crippen LogP contribution is -2.17. The molecule has 0 aliphatic heterocycles. The monoisotopic (exact) mass is 240 g/mol. The highest BCUT2D eigenvalue weighted by Gasteiger charge is 2.24. The van der Waals surface area contributed by atoms with Gasteiger partial charge in [0.05, 0.1) is 5.83 Å². The van der Waals surface area contributed by atoms with Crippen LogP contribution in [0.5, 0.6) is 0 Å². The second-order valence-electron chi connectivity index (χ2n) is 2.78. The molecule has 1 aliphatic rings. The Morgan fingerprint density at radius 3 is 2.78 bits per heavy atom. The van der Waals surface area contributed by atoms with Crippen molar-refractivity contribution in [2.24, 2.45) is 0 Å². The van der Waals surface area contributed by atoms with Crippen LogP contribution in [0.2, 0.25) is 0 Å². The average molecular weight is 240 g/mol. The molecule has 0 saturated heterocycles. The third-order valence-electron chi connectivity index (χ3n) is 1.57. The van der Waals surface area contributed by atoms with Crippen LogP contribution in [0.15, 0.2) is 11.9 Å². The first-order valence-electron chi connectivity index (χ1n) is 3.14. The van der Waals surface area contributed by atoms with Crippen LogP contribution >= 0.6 is 22.6 Å². The van der Waals surface area contributed by atoms with Crippen molar-refractivity contribution >= 4 is 22.6 Å². The fourth-order valence-corrected chi connectivity index (χ4v) is 1.72. The molecule has 0 radical (unpaired) electrons. The van der Waals surface area contributed by atoms with E-state index in [1.807, 2.05) is 0 Å². The molecule has 0 amide bonds. The number of halogens is 2. The van der Waals surface area contributed by atoms with Gasteiger partial charge in [-0.05, 0) is 12.8 Å². The van der Waals surface area contributed by atoms with E-state index in [4.69, 9.17) is 0 Å². The lowest BCUT2D eigenvalue weighted by molar-refractivity contribution is 0.484. The van der Waals surface area contributed by atoms with Crippen LogP contribution in [0.25, 0.3) is 0 Å². The minimum Gasteiger partial charge on any atom is -0.212 e. The van der Waals surface area contributed by atoms with Gasteiger partial charge in [-0.25, -0.2) is 4.39 Å². The average Bonchev–Trinajstić information content (AvgIpc) is 1.60. The van der Waals surface area contributed by atoms with Crippen molar-refractivity contribution in [1.82, 2.24) is 0 Å². The summed E-state index contributed by atoms with van der Waals surface area (Å²) in [6, 6.07) is 0. The van der Waals surface area contributed by atoms with Crippen molar-refractivity contribution < 1.29 is 4.39 Å². The van der Waals surface area contributed by atoms with Crippen molar-refractivity contribution in [2.45, 2.75) is 29.6 Å². The van der Waals surface area contributed by atoms with Gasteiger partial charge in [0.1, 0.15) is 0 Å². The summed E-state index contributed by atoms with van der Waals surface area (Å²) in [5.41, 5.74) is 0. The van der Waals surface area contributed by atoms with E-state index in [2.05, 4.69) is 29.5 Å². The van der Waals surface area contributed by atoms with Gasteiger partial charge in [-0.1, -0.05) is 35.6 Å². The molecule has 0 spiro atoms. The van der Waals surface area contributed by atoms with Crippen molar-refractivity contribution in [3.05, 3.63) is 11.9 Å². The molecule has 0 bridgehead atoms. The number of rotatable bonds is 0. The lowest BCUT2D eigenvalue weighted by Gasteiger charge is -2.24. The van der Waals surface area contributed by atoms with Gasteiger partial charge in [-0.3, -0.25) is 0 Å². The molecule has 0 fully saturated rings. The second kappa shape index (κ2) is 2.56. The van der Waals surface area contributed by atoms with Gasteiger partial charge >= 0.3 is 0 Å². The fourth-order valence-electron chi connectivity index (χ4n) is 1.04. The summed E-state index contributed by atoms with van der Waals surface area (Å²) in [6.45, 7) is 2.10. The van der Waals surface area contributed by atoms with Crippen LogP contribution in [0.4, 0.5) is 4.39 Å². The molecule has 1 atom stereocenters. The largest absolute Gasteiger partial charge is 0.212 e. The van der Waals surface area contributed by atoms with Crippen molar-refractivity contribution in [1.29, 1.82) is 0 Å². The maximum absolute atomic E-state index is 12.5. The van der Waals surface area contributed by atoms with E-state index in [9.17, 15) is 4.39 Å². The van der Waals surface area contributed by atoms with Crippen molar-refractivity contribution in [3.8, 4) is 0 Å². The van der Waals surface area contributed by atoms with Gasteiger partial charge in [0.15, 0.2) is 0 Å². The Labute approximate surface area is 68.7 Å². The highest BCUT2D eigenvalue weighted by molar-refractivity contribution is 14.1. The number of allylic oxidation sites excluding steroid dienone is 2. The molecule has 0 N–H and O–H groups in total. The molecule has 1 unspecified atom stereocenters. The van der Waals surface area contributed by atoms with E-state index in [1.54, 1.807) is 6.08 Å². The molecule has 0 aromatic carbocycles. The second-order valence-corrected chi connectivity index (χ2v) is 5.38. The molecule has 1 rings (SSSR count). The SMILES string of the molecule is CC1(I)CCC=C(F)C1. The summed E-state index contributed by atoms with van der Waals surface area (Å²) in [5, 5.41) is 0. The minimum absolute atomic E-state index is 0.0677. The standard InChI is InChI=1S/C7H10FI/c1-7(9)4-2-3-6(8)5-7/h3H,2,4-5H2,1H3. The van der Waals surface area contributed by atoms with E-state index >= 15 is 0 Å². The van der Waals surface area contributed by atoms with Crippen LogP contribution in [-0.4, -0.2) is 3.42 Å². The highest BCUT2D eigenvalue weighted by atomic mass is 127. The molecule has 0 heterocycles. The molecular weight excluding hydrogens is 230 g/mol. The van der Waals surface area contributed by atoms with Crippen LogP contribution in [0.1, 0.15) is 26.2 Å². The van der Waals surface area contributed by atoms with E-state index < -0.39 is 0 Å². The Kier molecular flexibility index (Phi) is 2.14. The van der Waals surface area contributed by atoms with Gasteiger partial charge in [-0.2, -0.15) is 0 Å². The zero-order valence-corrected chi connectivity index (χ0v) is 7.61. The molecule has 1 aliphatic carbocycles. The van der Waals surface area contributed by atoms with Gasteiger partial charge in [0.2, 0.25) is 0 Å². The first-order valence-corrected chi connectivity index (χ1v) is 4.21. The summed E-state index contributed by atoms with van der Waals surface area (Å²) in [5.74, 6) is 0.0677. The molecule has 9 heavy (non-hydrogen) atoms. The summed E-state index contributed by atoms with van der Waals surface area (Å²) >= 11 is 2.33. The Balaban J connectivity index is 2.59. The van der Waals surface area contributed by atoms with Gasteiger partial charge < -0.3 is 0 Å². The normalized spacial score (nSPS) is 36.1. The molecule has 2 heteroatoms. The highest BCUT2D eigenvalue weighted by Crippen LogP contribution is 2.35. The maximum Gasteiger partial charge on any atom is 0.0973 e. The maximum atomic E-state index is 12.5. The summed E-state index contributed by atoms with van der Waals surface area (Å²) in [7, 11) is 0. The third-order valence-corrected chi connectivity index (χ3v) is 2.49. The molecule has 52 valence electrons. The lowest BCUT2D eigenvalue weighted by atomic mass is 9.96. The van der Waals surface area contributed by atoms with Crippen LogP contribution in [0, 0.1) is 0 Å². The minimum atomic E-state index is 0.0677. The molecule has 0 saturated carbocycles. The number of alkyl halides is 1. The van der Waals surface area contributed by atoms with Crippen molar-refractivity contribution in [2.75, 3.05) is 0 Å². The Morgan fingerprint density at radius 2 is 2.44 bits per heavy atom. The molecule has 0 aromatic heterocycles. The van der Waals surface area contributed by atoms with Crippen LogP contribution < -0.4 is 0 Å². The van der Waals surface area contributed by atoms with E-state index in [1.165, 1.54) is 0 Å². The third kappa shape index (κ3) is 2.24. The van der Waals surface area contributed by atoms with Crippen molar-refractivity contribution in [3.63, 3.8) is 0 Å². The predicted octanol–water partition coefficient (Wildman–Crippen LogP) is 3.22. The smallest absolute Gasteiger partial charge is 0.0973 e. The van der Waals surface area contributed by atoms with E-state index in [0.717, 1.165) is 12.8 Å². The molecular formula is C7H10FI. The zero-order valence-electron chi connectivity index (χ0n) is 5.45. The predicted molar refractivity (Wildman–Crippen MR) is 45.5 cm³/mol. The van der Waals surface area contributed by atoms with Gasteiger partial charge in [0.25, 0.3) is 0 Å². The van der Waals surface area contributed by atoms with E-state index in [0.29, 0.717) is 6.42 Å². The topological polar surface area (TPSA) is 0 Å². The van der Waals surface area contributed by atoms with Gasteiger partial charge in [-0.15, -0.1) is 0 Å². The summed E-state index contributed by atoms with van der Waals surface area (Å²) < 4.78 is 12.7. The molecule has 0 aromatic rings. The Bertz CT molecular complexity index is 138. The Hall–Kier alpha value is 0.400. The zero-order chi connectivity index (χ0) is 6.91. The number of hydrogen-bond acceptors (Lipinski definition) is 0. The fraction of sp³-hybridized carbons (Fsp3) is 0.714. The quantitative estimate of drug-likeness (QED) is 0.450. The first kappa shape index (κ1) is 7.51. The molecule has 0 nitrogen and oxygen atoms in total. The summed E-state index contributed by atoms with van der Waals surface area (Å²) in [6.07, 6.45) is 4.33. The number of hydrogen-bond donors (Lipinski definition) is 0. The van der Waals surface area contributed by atoms with Crippen LogP contribution in [-0.2, 0) is 0 Å². The van der Waals surface area contributed by atoms with E-state index in [-0.39, 0.29) is 9.25 Å². The first-order chi connectivity index (χ1) is 4.10. The Morgan fingerprint density at radius 1 is 1.78 bits per heavy atom. The van der Waals surface area contributed by atoms with Crippen LogP contribution in [0.3, 0.4) is 0 Å².